The first-order valence-electron chi connectivity index (χ1n) is 7.24. The number of nitrogens with zero attached hydrogens (tertiary/aromatic N) is 3. The first-order chi connectivity index (χ1) is 9.54. The van der Waals surface area contributed by atoms with Crippen LogP contribution in [0.3, 0.4) is 0 Å². The summed E-state index contributed by atoms with van der Waals surface area (Å²) < 4.78 is 6.92. The number of hydrogen-bond acceptors (Lipinski definition) is 4. The van der Waals surface area contributed by atoms with Gasteiger partial charge in [0.25, 0.3) is 0 Å². The Morgan fingerprint density at radius 2 is 2.20 bits per heavy atom. The minimum absolute atomic E-state index is 0.198. The molecule has 0 aromatic carbocycles. The molecule has 0 bridgehead atoms. The van der Waals surface area contributed by atoms with Crippen LogP contribution in [0.15, 0.2) is 12.7 Å². The standard InChI is InChI=1S/C15H23N3O2/c1-5-8-20-15(19)14-12(4)18(17-16-14)13-7-6-10(2)11(3)9-13/h5,10-11,13H,1,6-9H2,2-4H3. The topological polar surface area (TPSA) is 57.0 Å². The van der Waals surface area contributed by atoms with Gasteiger partial charge >= 0.3 is 5.97 Å². The fourth-order valence-electron chi connectivity index (χ4n) is 2.82. The molecule has 0 N–H and O–H groups in total. The molecule has 0 radical (unpaired) electrons. The highest BCUT2D eigenvalue weighted by Crippen LogP contribution is 2.36. The molecule has 5 heteroatoms. The van der Waals surface area contributed by atoms with Crippen molar-refractivity contribution in [1.29, 1.82) is 0 Å². The van der Waals surface area contributed by atoms with Crippen LogP contribution >= 0.6 is 0 Å². The Labute approximate surface area is 120 Å². The van der Waals surface area contributed by atoms with Crippen molar-refractivity contribution in [2.24, 2.45) is 11.8 Å². The van der Waals surface area contributed by atoms with Crippen molar-refractivity contribution in [3.05, 3.63) is 24.0 Å². The minimum Gasteiger partial charge on any atom is -0.457 e. The Kier molecular flexibility index (Phi) is 4.57. The maximum atomic E-state index is 11.9. The summed E-state index contributed by atoms with van der Waals surface area (Å²) in [5, 5.41) is 8.16. The summed E-state index contributed by atoms with van der Waals surface area (Å²) in [5.41, 5.74) is 1.11. The maximum absolute atomic E-state index is 11.9. The van der Waals surface area contributed by atoms with Crippen molar-refractivity contribution in [3.63, 3.8) is 0 Å². The van der Waals surface area contributed by atoms with Gasteiger partial charge in [-0.3, -0.25) is 0 Å². The average Bonchev–Trinajstić information content (AvgIpc) is 2.81. The molecule has 3 atom stereocenters. The fraction of sp³-hybridized carbons (Fsp3) is 0.667. The molecule has 1 aliphatic carbocycles. The van der Waals surface area contributed by atoms with E-state index in [1.807, 2.05) is 11.6 Å². The summed E-state index contributed by atoms with van der Waals surface area (Å²) in [7, 11) is 0. The largest absolute Gasteiger partial charge is 0.457 e. The quantitative estimate of drug-likeness (QED) is 0.627. The molecule has 0 spiro atoms. The SMILES string of the molecule is C=CCOC(=O)c1nnn(C2CCC(C)C(C)C2)c1C. The van der Waals surface area contributed by atoms with Gasteiger partial charge in [0.05, 0.1) is 11.7 Å². The molecule has 2 rings (SSSR count). The molecule has 0 aliphatic heterocycles. The van der Waals surface area contributed by atoms with Gasteiger partial charge in [-0.2, -0.15) is 0 Å². The van der Waals surface area contributed by atoms with Crippen molar-refractivity contribution < 1.29 is 9.53 Å². The highest BCUT2D eigenvalue weighted by Gasteiger charge is 2.29. The average molecular weight is 277 g/mol. The van der Waals surface area contributed by atoms with Crippen LogP contribution in [-0.2, 0) is 4.74 Å². The number of esters is 1. The third kappa shape index (κ3) is 2.92. The van der Waals surface area contributed by atoms with Crippen LogP contribution in [0.2, 0.25) is 0 Å². The zero-order valence-electron chi connectivity index (χ0n) is 12.5. The molecular formula is C15H23N3O2. The molecule has 0 saturated heterocycles. The predicted octanol–water partition coefficient (Wildman–Crippen LogP) is 2.93. The van der Waals surface area contributed by atoms with Gasteiger partial charge in [-0.25, -0.2) is 9.48 Å². The molecular weight excluding hydrogens is 254 g/mol. The van der Waals surface area contributed by atoms with E-state index < -0.39 is 5.97 Å². The molecule has 3 unspecified atom stereocenters. The summed E-state index contributed by atoms with van der Waals surface area (Å²) in [5.74, 6) is 1.01. The van der Waals surface area contributed by atoms with E-state index in [9.17, 15) is 4.79 Å². The molecule has 1 fully saturated rings. The van der Waals surface area contributed by atoms with Gasteiger partial charge in [0.2, 0.25) is 0 Å². The highest BCUT2D eigenvalue weighted by atomic mass is 16.5. The van der Waals surface area contributed by atoms with Crippen molar-refractivity contribution in [3.8, 4) is 0 Å². The van der Waals surface area contributed by atoms with Crippen LogP contribution in [0.1, 0.15) is 55.3 Å². The molecule has 5 nitrogen and oxygen atoms in total. The lowest BCUT2D eigenvalue weighted by Crippen LogP contribution is -2.24. The van der Waals surface area contributed by atoms with Gasteiger partial charge in [0.15, 0.2) is 5.69 Å². The summed E-state index contributed by atoms with van der Waals surface area (Å²) in [6.45, 7) is 10.2. The summed E-state index contributed by atoms with van der Waals surface area (Å²) in [4.78, 5) is 11.9. The normalized spacial score (nSPS) is 26.2. The van der Waals surface area contributed by atoms with Crippen LogP contribution < -0.4 is 0 Å². The van der Waals surface area contributed by atoms with Gasteiger partial charge in [-0.1, -0.05) is 31.7 Å². The van der Waals surface area contributed by atoms with E-state index in [0.717, 1.165) is 24.5 Å². The molecule has 110 valence electrons. The smallest absolute Gasteiger partial charge is 0.361 e. The third-order valence-corrected chi connectivity index (χ3v) is 4.37. The molecule has 1 heterocycles. The Hall–Kier alpha value is -1.65. The lowest BCUT2D eigenvalue weighted by molar-refractivity contribution is 0.0541. The van der Waals surface area contributed by atoms with Crippen molar-refractivity contribution in [1.82, 2.24) is 15.0 Å². The number of ether oxygens (including phenoxy) is 1. The van der Waals surface area contributed by atoms with Gasteiger partial charge in [0, 0.05) is 0 Å². The van der Waals surface area contributed by atoms with E-state index in [1.165, 1.54) is 6.42 Å². The molecule has 20 heavy (non-hydrogen) atoms. The summed E-state index contributed by atoms with van der Waals surface area (Å²) in [6.07, 6.45) is 4.92. The van der Waals surface area contributed by atoms with Crippen molar-refractivity contribution >= 4 is 5.97 Å². The zero-order valence-corrected chi connectivity index (χ0v) is 12.5. The molecule has 1 aliphatic rings. The first kappa shape index (κ1) is 14.8. The van der Waals surface area contributed by atoms with Crippen LogP contribution in [-0.4, -0.2) is 27.6 Å². The monoisotopic (exact) mass is 277 g/mol. The summed E-state index contributed by atoms with van der Waals surface area (Å²) >= 11 is 0. The Bertz CT molecular complexity index is 495. The number of hydrogen-bond donors (Lipinski definition) is 0. The number of aromatic nitrogens is 3. The Morgan fingerprint density at radius 3 is 2.85 bits per heavy atom. The van der Waals surface area contributed by atoms with Gasteiger partial charge in [0.1, 0.15) is 6.61 Å². The van der Waals surface area contributed by atoms with Gasteiger partial charge in [-0.05, 0) is 38.0 Å². The fourth-order valence-corrected chi connectivity index (χ4v) is 2.82. The lowest BCUT2D eigenvalue weighted by atomic mass is 9.79. The van der Waals surface area contributed by atoms with Crippen LogP contribution in [0, 0.1) is 18.8 Å². The maximum Gasteiger partial charge on any atom is 0.361 e. The summed E-state index contributed by atoms with van der Waals surface area (Å²) in [6, 6.07) is 0.342. The predicted molar refractivity (Wildman–Crippen MR) is 76.5 cm³/mol. The van der Waals surface area contributed by atoms with E-state index in [2.05, 4.69) is 30.7 Å². The van der Waals surface area contributed by atoms with Gasteiger partial charge in [-0.15, -0.1) is 5.10 Å². The second-order valence-electron chi connectivity index (χ2n) is 5.78. The Balaban J connectivity index is 2.12. The molecule has 1 saturated carbocycles. The zero-order chi connectivity index (χ0) is 14.7. The highest BCUT2D eigenvalue weighted by molar-refractivity contribution is 5.88. The second kappa shape index (κ2) is 6.20. The second-order valence-corrected chi connectivity index (χ2v) is 5.78. The van der Waals surface area contributed by atoms with Crippen LogP contribution in [0.4, 0.5) is 0 Å². The van der Waals surface area contributed by atoms with E-state index in [-0.39, 0.29) is 6.61 Å². The number of rotatable bonds is 4. The van der Waals surface area contributed by atoms with Crippen molar-refractivity contribution in [2.45, 2.75) is 46.1 Å². The van der Waals surface area contributed by atoms with E-state index in [4.69, 9.17) is 4.74 Å². The van der Waals surface area contributed by atoms with Crippen molar-refractivity contribution in [2.75, 3.05) is 6.61 Å². The number of carbonyl (C=O) groups excluding carboxylic acids is 1. The first-order valence-corrected chi connectivity index (χ1v) is 7.24. The van der Waals surface area contributed by atoms with E-state index in [1.54, 1.807) is 6.08 Å². The van der Waals surface area contributed by atoms with E-state index in [0.29, 0.717) is 17.7 Å². The lowest BCUT2D eigenvalue weighted by Gasteiger charge is -2.32. The minimum atomic E-state index is -0.425. The Morgan fingerprint density at radius 1 is 1.45 bits per heavy atom. The van der Waals surface area contributed by atoms with Gasteiger partial charge < -0.3 is 4.74 Å². The number of carbonyl (C=O) groups is 1. The van der Waals surface area contributed by atoms with Crippen LogP contribution in [0.25, 0.3) is 0 Å². The molecule has 0 amide bonds. The van der Waals surface area contributed by atoms with Crippen LogP contribution in [0.5, 0.6) is 0 Å². The third-order valence-electron chi connectivity index (χ3n) is 4.37. The molecule has 1 aromatic rings. The molecule has 1 aromatic heterocycles. The van der Waals surface area contributed by atoms with E-state index >= 15 is 0 Å².